The van der Waals surface area contributed by atoms with Gasteiger partial charge in [-0.15, -0.1) is 0 Å². The lowest BCUT2D eigenvalue weighted by Crippen LogP contribution is -2.41. The molecule has 3 heterocycles. The molecule has 1 amide bonds. The lowest BCUT2D eigenvalue weighted by atomic mass is 10.1. The highest BCUT2D eigenvalue weighted by molar-refractivity contribution is 5.92. The van der Waals surface area contributed by atoms with Crippen LogP contribution in [0.15, 0.2) is 12.4 Å². The third-order valence-electron chi connectivity index (χ3n) is 4.03. The van der Waals surface area contributed by atoms with Gasteiger partial charge in [0.1, 0.15) is 5.69 Å². The van der Waals surface area contributed by atoms with Crippen molar-refractivity contribution in [2.45, 2.75) is 18.9 Å². The predicted octanol–water partition coefficient (Wildman–Crippen LogP) is 0.716. The molecule has 0 spiro atoms. The van der Waals surface area contributed by atoms with E-state index in [2.05, 4.69) is 21.9 Å². The molecule has 1 aromatic heterocycles. The maximum atomic E-state index is 12.4. The maximum Gasteiger partial charge on any atom is 0.274 e. The second kappa shape index (κ2) is 5.85. The maximum absolute atomic E-state index is 12.4. The molecule has 2 aliphatic heterocycles. The number of ether oxygens (including phenoxy) is 1. The summed E-state index contributed by atoms with van der Waals surface area (Å²) < 4.78 is 5.27. The van der Waals surface area contributed by atoms with Gasteiger partial charge >= 0.3 is 0 Å². The summed E-state index contributed by atoms with van der Waals surface area (Å²) >= 11 is 0. The van der Waals surface area contributed by atoms with E-state index in [0.717, 1.165) is 18.7 Å². The van der Waals surface area contributed by atoms with Crippen molar-refractivity contribution in [3.8, 4) is 0 Å². The quantitative estimate of drug-likeness (QED) is 0.796. The van der Waals surface area contributed by atoms with Crippen LogP contribution in [0.4, 0.5) is 0 Å². The van der Waals surface area contributed by atoms with Crippen LogP contribution in [0.1, 0.15) is 35.1 Å². The minimum atomic E-state index is -0.0386. The lowest BCUT2D eigenvalue weighted by molar-refractivity contribution is 0.0298. The zero-order valence-corrected chi connectivity index (χ0v) is 11.8. The van der Waals surface area contributed by atoms with Crippen molar-refractivity contribution in [2.24, 2.45) is 0 Å². The van der Waals surface area contributed by atoms with Gasteiger partial charge in [-0.25, -0.2) is 4.98 Å². The van der Waals surface area contributed by atoms with E-state index in [-0.39, 0.29) is 5.91 Å². The summed E-state index contributed by atoms with van der Waals surface area (Å²) in [5.41, 5.74) is 1.36. The normalized spacial score (nSPS) is 24.1. The summed E-state index contributed by atoms with van der Waals surface area (Å²) in [6.07, 6.45) is 5.60. The highest BCUT2D eigenvalue weighted by Crippen LogP contribution is 2.28. The van der Waals surface area contributed by atoms with E-state index in [9.17, 15) is 4.79 Å². The van der Waals surface area contributed by atoms with Crippen molar-refractivity contribution < 1.29 is 9.53 Å². The molecule has 20 heavy (non-hydrogen) atoms. The van der Waals surface area contributed by atoms with Crippen molar-refractivity contribution in [2.75, 3.05) is 39.9 Å². The molecular weight excluding hydrogens is 256 g/mol. The van der Waals surface area contributed by atoms with Gasteiger partial charge in [0.2, 0.25) is 0 Å². The zero-order valence-electron chi connectivity index (χ0n) is 11.8. The van der Waals surface area contributed by atoms with E-state index in [4.69, 9.17) is 4.74 Å². The molecule has 108 valence electrons. The monoisotopic (exact) mass is 276 g/mol. The van der Waals surface area contributed by atoms with Crippen LogP contribution in [0.3, 0.4) is 0 Å². The van der Waals surface area contributed by atoms with Crippen LogP contribution < -0.4 is 0 Å². The van der Waals surface area contributed by atoms with Gasteiger partial charge in [0.15, 0.2) is 0 Å². The first-order chi connectivity index (χ1) is 9.75. The number of aromatic nitrogens is 2. The van der Waals surface area contributed by atoms with Crippen molar-refractivity contribution >= 4 is 5.91 Å². The molecule has 6 heteroatoms. The molecule has 2 saturated heterocycles. The van der Waals surface area contributed by atoms with E-state index in [0.29, 0.717) is 38.0 Å². The Hall–Kier alpha value is -1.53. The second-order valence-corrected chi connectivity index (χ2v) is 5.37. The van der Waals surface area contributed by atoms with Crippen LogP contribution in [0.25, 0.3) is 0 Å². The molecule has 1 atom stereocenters. The summed E-state index contributed by atoms with van der Waals surface area (Å²) in [5.74, 6) is -0.0386. The lowest BCUT2D eigenvalue weighted by Gasteiger charge is -2.26. The number of morpholine rings is 1. The summed E-state index contributed by atoms with van der Waals surface area (Å²) in [7, 11) is 2.09. The van der Waals surface area contributed by atoms with Gasteiger partial charge in [0.25, 0.3) is 5.91 Å². The Morgan fingerprint density at radius 1 is 1.30 bits per heavy atom. The largest absolute Gasteiger partial charge is 0.378 e. The van der Waals surface area contributed by atoms with Crippen LogP contribution >= 0.6 is 0 Å². The van der Waals surface area contributed by atoms with Crippen LogP contribution in [0.2, 0.25) is 0 Å². The second-order valence-electron chi connectivity index (χ2n) is 5.37. The molecule has 0 aliphatic carbocycles. The topological polar surface area (TPSA) is 58.6 Å². The van der Waals surface area contributed by atoms with E-state index < -0.39 is 0 Å². The molecule has 0 radical (unpaired) electrons. The molecule has 1 unspecified atom stereocenters. The van der Waals surface area contributed by atoms with E-state index in [1.54, 1.807) is 17.3 Å². The summed E-state index contributed by atoms with van der Waals surface area (Å²) in [4.78, 5) is 25.2. The van der Waals surface area contributed by atoms with Gasteiger partial charge in [0, 0.05) is 13.1 Å². The van der Waals surface area contributed by atoms with Crippen LogP contribution in [-0.2, 0) is 4.74 Å². The minimum Gasteiger partial charge on any atom is -0.378 e. The number of amides is 1. The Labute approximate surface area is 118 Å². The van der Waals surface area contributed by atoms with Crippen molar-refractivity contribution in [1.82, 2.24) is 19.8 Å². The Kier molecular flexibility index (Phi) is 3.93. The van der Waals surface area contributed by atoms with Gasteiger partial charge in [-0.05, 0) is 26.4 Å². The van der Waals surface area contributed by atoms with Gasteiger partial charge in [-0.1, -0.05) is 0 Å². The first-order valence-electron chi connectivity index (χ1n) is 7.15. The Morgan fingerprint density at radius 3 is 2.80 bits per heavy atom. The Balaban J connectivity index is 1.78. The summed E-state index contributed by atoms with van der Waals surface area (Å²) in [5, 5.41) is 0. The molecule has 0 saturated carbocycles. The smallest absolute Gasteiger partial charge is 0.274 e. The molecule has 0 aromatic carbocycles. The SMILES string of the molecule is CN1CCCC1c1cncc(C(=O)N2CCOCC2)n1. The number of hydrogen-bond donors (Lipinski definition) is 0. The Morgan fingerprint density at radius 2 is 2.10 bits per heavy atom. The molecule has 0 bridgehead atoms. The molecular formula is C14H20N4O2. The fraction of sp³-hybridized carbons (Fsp3) is 0.643. The van der Waals surface area contributed by atoms with E-state index >= 15 is 0 Å². The van der Waals surface area contributed by atoms with Crippen LogP contribution in [0.5, 0.6) is 0 Å². The van der Waals surface area contributed by atoms with Gasteiger partial charge in [-0.3, -0.25) is 14.7 Å². The van der Waals surface area contributed by atoms with Crippen LogP contribution in [-0.4, -0.2) is 65.6 Å². The molecule has 2 aliphatic rings. The zero-order chi connectivity index (χ0) is 13.9. The number of nitrogens with zero attached hydrogens (tertiary/aromatic N) is 4. The molecule has 2 fully saturated rings. The average molecular weight is 276 g/mol. The summed E-state index contributed by atoms with van der Waals surface area (Å²) in [6, 6.07) is 0.292. The third kappa shape index (κ3) is 2.66. The fourth-order valence-corrected chi connectivity index (χ4v) is 2.86. The number of likely N-dealkylation sites (tertiary alicyclic amines) is 1. The van der Waals surface area contributed by atoms with Gasteiger partial charge in [-0.2, -0.15) is 0 Å². The van der Waals surface area contributed by atoms with Crippen LogP contribution in [0, 0.1) is 0 Å². The highest BCUT2D eigenvalue weighted by atomic mass is 16.5. The van der Waals surface area contributed by atoms with Crippen molar-refractivity contribution in [1.29, 1.82) is 0 Å². The molecule has 0 N–H and O–H groups in total. The number of carbonyl (C=O) groups is 1. The van der Waals surface area contributed by atoms with Crippen molar-refractivity contribution in [3.05, 3.63) is 23.8 Å². The molecule has 6 nitrogen and oxygen atoms in total. The summed E-state index contributed by atoms with van der Waals surface area (Å²) in [6.45, 7) is 3.55. The first kappa shape index (κ1) is 13.5. The number of carbonyl (C=O) groups excluding carboxylic acids is 1. The van der Waals surface area contributed by atoms with E-state index in [1.807, 2.05) is 0 Å². The predicted molar refractivity (Wildman–Crippen MR) is 73.4 cm³/mol. The third-order valence-corrected chi connectivity index (χ3v) is 4.03. The van der Waals surface area contributed by atoms with E-state index in [1.165, 1.54) is 6.42 Å². The molecule has 1 aromatic rings. The average Bonchev–Trinajstić information content (AvgIpc) is 2.94. The number of hydrogen-bond acceptors (Lipinski definition) is 5. The standard InChI is InChI=1S/C14H20N4O2/c1-17-4-2-3-13(17)11-9-15-10-12(16-11)14(19)18-5-7-20-8-6-18/h9-10,13H,2-8H2,1H3. The fourth-order valence-electron chi connectivity index (χ4n) is 2.86. The minimum absolute atomic E-state index is 0.0386. The first-order valence-corrected chi connectivity index (χ1v) is 7.15. The molecule has 3 rings (SSSR count). The van der Waals surface area contributed by atoms with Crippen molar-refractivity contribution in [3.63, 3.8) is 0 Å². The van der Waals surface area contributed by atoms with Gasteiger partial charge < -0.3 is 9.64 Å². The Bertz CT molecular complexity index is 488. The number of rotatable bonds is 2. The van der Waals surface area contributed by atoms with Gasteiger partial charge in [0.05, 0.1) is 37.3 Å². The highest BCUT2D eigenvalue weighted by Gasteiger charge is 2.26.